The number of fused-ring (bicyclic) bond motifs is 5. The highest BCUT2D eigenvalue weighted by atomic mass is 31.2. The Labute approximate surface area is 467 Å². The first kappa shape index (κ1) is 66.4. The lowest BCUT2D eigenvalue weighted by Gasteiger charge is -2.56. The molecule has 4 unspecified atom stereocenters. The van der Waals surface area contributed by atoms with E-state index < -0.39 is 69.8 Å². The largest absolute Gasteiger partial charge is 0.472 e. The Bertz CT molecular complexity index is 1730. The Morgan fingerprint density at radius 1 is 0.662 bits per heavy atom. The SMILES string of the molecule is CCCCCCCCCCCCCC(=O)OC[C@H](COP(=O)(O)OCC1O[C@H](O[C@H]2CC[C@@]3(C)C(=CC[C@H]4[C@H]3CCC3[C@@H]4CC[C@@H]3[C@H](C)CCCC(C)C)C2)C(O)[C@@H](O)[C@@H]1O)OC(=O)CCCCCCCCCCCCC. The molecule has 0 bridgehead atoms. The minimum absolute atomic E-state index is 0.0900. The first-order chi connectivity index (χ1) is 37.1. The van der Waals surface area contributed by atoms with Crippen LogP contribution in [0.3, 0.4) is 0 Å². The average molecular weight is 1110 g/mol. The van der Waals surface area contributed by atoms with Crippen molar-refractivity contribution in [2.24, 2.45) is 46.8 Å². The Morgan fingerprint density at radius 3 is 1.83 bits per heavy atom. The van der Waals surface area contributed by atoms with Gasteiger partial charge in [-0.2, -0.15) is 0 Å². The van der Waals surface area contributed by atoms with Gasteiger partial charge in [0.15, 0.2) is 12.4 Å². The van der Waals surface area contributed by atoms with Crippen LogP contribution >= 0.6 is 7.82 Å². The molecule has 0 spiro atoms. The van der Waals surface area contributed by atoms with Gasteiger partial charge in [0.25, 0.3) is 0 Å². The van der Waals surface area contributed by atoms with Gasteiger partial charge in [-0.05, 0) is 111 Å². The number of allylic oxidation sites excluding steroid dienone is 1. The van der Waals surface area contributed by atoms with Crippen LogP contribution < -0.4 is 0 Å². The van der Waals surface area contributed by atoms with Crippen LogP contribution in [0.5, 0.6) is 0 Å². The van der Waals surface area contributed by atoms with E-state index in [1.165, 1.54) is 140 Å². The van der Waals surface area contributed by atoms with E-state index >= 15 is 0 Å². The molecule has 4 fully saturated rings. The van der Waals surface area contributed by atoms with Crippen LogP contribution in [0.2, 0.25) is 0 Å². The summed E-state index contributed by atoms with van der Waals surface area (Å²) >= 11 is 0. The topological polar surface area (TPSA) is 188 Å². The fourth-order valence-corrected chi connectivity index (χ4v) is 15.2. The highest BCUT2D eigenvalue weighted by Crippen LogP contribution is 2.63. The van der Waals surface area contributed by atoms with Crippen molar-refractivity contribution in [1.82, 2.24) is 0 Å². The number of unbranched alkanes of at least 4 members (excludes halogenated alkanes) is 20. The number of esters is 2. The van der Waals surface area contributed by atoms with Crippen LogP contribution in [0, 0.1) is 46.8 Å². The Morgan fingerprint density at radius 2 is 1.23 bits per heavy atom. The Kier molecular flexibility index (Phi) is 30.7. The van der Waals surface area contributed by atoms with E-state index in [2.05, 4.69) is 47.6 Å². The first-order valence-electron chi connectivity index (χ1n) is 32.1. The smallest absolute Gasteiger partial charge is 0.462 e. The molecule has 77 heavy (non-hydrogen) atoms. The van der Waals surface area contributed by atoms with E-state index in [9.17, 15) is 34.4 Å². The minimum Gasteiger partial charge on any atom is -0.462 e. The number of carbonyl (C=O) groups excluding carboxylic acids is 2. The lowest BCUT2D eigenvalue weighted by atomic mass is 9.50. The van der Waals surface area contributed by atoms with E-state index in [1.807, 2.05) is 0 Å². The van der Waals surface area contributed by atoms with Crippen molar-refractivity contribution < 1.29 is 62.4 Å². The molecule has 1 heterocycles. The molecule has 15 atom stereocenters. The highest BCUT2D eigenvalue weighted by molar-refractivity contribution is 7.47. The maximum Gasteiger partial charge on any atom is 0.472 e. The highest BCUT2D eigenvalue weighted by Gasteiger charge is 2.55. The number of hydrogen-bond acceptors (Lipinski definition) is 12. The van der Waals surface area contributed by atoms with Gasteiger partial charge in [0.05, 0.1) is 19.3 Å². The van der Waals surface area contributed by atoms with Gasteiger partial charge >= 0.3 is 19.8 Å². The van der Waals surface area contributed by atoms with Crippen LogP contribution in [-0.2, 0) is 42.1 Å². The molecule has 0 amide bonds. The van der Waals surface area contributed by atoms with Gasteiger partial charge in [-0.15, -0.1) is 0 Å². The zero-order valence-corrected chi connectivity index (χ0v) is 50.3. The third-order valence-electron chi connectivity index (χ3n) is 19.1. The second-order valence-corrected chi connectivity index (χ2v) is 27.0. The van der Waals surface area contributed by atoms with Crippen LogP contribution in [0.25, 0.3) is 0 Å². The zero-order valence-electron chi connectivity index (χ0n) is 49.4. The van der Waals surface area contributed by atoms with Gasteiger partial charge in [0, 0.05) is 12.8 Å². The summed E-state index contributed by atoms with van der Waals surface area (Å²) in [6.07, 6.45) is 31.9. The molecule has 3 saturated carbocycles. The molecule has 0 aromatic carbocycles. The van der Waals surface area contributed by atoms with Gasteiger partial charge in [-0.1, -0.05) is 201 Å². The number of phosphoric ester groups is 1. The molecule has 4 aliphatic carbocycles. The van der Waals surface area contributed by atoms with E-state index in [0.29, 0.717) is 25.2 Å². The van der Waals surface area contributed by atoms with Crippen molar-refractivity contribution in [2.75, 3.05) is 19.8 Å². The zero-order chi connectivity index (χ0) is 55.6. The molecule has 0 radical (unpaired) electrons. The number of aliphatic hydroxyl groups excluding tert-OH is 3. The fourth-order valence-electron chi connectivity index (χ4n) is 14.4. The van der Waals surface area contributed by atoms with Crippen LogP contribution in [0.1, 0.15) is 266 Å². The molecular weight excluding hydrogens is 996 g/mol. The second kappa shape index (κ2) is 35.6. The number of phosphoric acid groups is 1. The molecule has 13 nitrogen and oxygen atoms in total. The molecule has 14 heteroatoms. The first-order valence-corrected chi connectivity index (χ1v) is 33.6. The second-order valence-electron chi connectivity index (χ2n) is 25.5. The summed E-state index contributed by atoms with van der Waals surface area (Å²) in [7, 11) is -4.88. The van der Waals surface area contributed by atoms with E-state index in [4.69, 9.17) is 28.0 Å². The van der Waals surface area contributed by atoms with Crippen molar-refractivity contribution in [3.63, 3.8) is 0 Å². The molecule has 1 saturated heterocycles. The van der Waals surface area contributed by atoms with Gasteiger partial charge in [-0.3, -0.25) is 18.6 Å². The Balaban J connectivity index is 1.07. The third-order valence-corrected chi connectivity index (χ3v) is 20.1. The lowest BCUT2D eigenvalue weighted by molar-refractivity contribution is -0.312. The molecule has 4 N–H and O–H groups in total. The Hall–Kier alpha value is -1.41. The normalized spacial score (nSPS) is 30.7. The third kappa shape index (κ3) is 22.4. The number of rotatable bonds is 40. The molecule has 448 valence electrons. The molecular formula is C63H113O13P. The van der Waals surface area contributed by atoms with Crippen LogP contribution in [0.15, 0.2) is 11.6 Å². The predicted molar refractivity (Wildman–Crippen MR) is 305 cm³/mol. The van der Waals surface area contributed by atoms with Crippen molar-refractivity contribution in [2.45, 2.75) is 309 Å². The van der Waals surface area contributed by atoms with Gasteiger partial charge in [-0.25, -0.2) is 4.57 Å². The molecule has 5 aliphatic rings. The number of hydrogen-bond donors (Lipinski definition) is 4. The maximum absolute atomic E-state index is 13.4. The monoisotopic (exact) mass is 1110 g/mol. The summed E-state index contributed by atoms with van der Waals surface area (Å²) in [5.41, 5.74) is 1.50. The van der Waals surface area contributed by atoms with E-state index in [1.54, 1.807) is 0 Å². The van der Waals surface area contributed by atoms with Crippen molar-refractivity contribution in [3.8, 4) is 0 Å². The molecule has 0 aromatic heterocycles. The van der Waals surface area contributed by atoms with Crippen molar-refractivity contribution >= 4 is 19.8 Å². The molecule has 5 rings (SSSR count). The van der Waals surface area contributed by atoms with Gasteiger partial charge < -0.3 is 39.2 Å². The van der Waals surface area contributed by atoms with Crippen LogP contribution in [0.4, 0.5) is 0 Å². The predicted octanol–water partition coefficient (Wildman–Crippen LogP) is 14.8. The fraction of sp³-hybridized carbons (Fsp3) is 0.937. The number of aliphatic hydroxyl groups is 3. The lowest BCUT2D eigenvalue weighted by Crippen LogP contribution is -2.60. The van der Waals surface area contributed by atoms with Gasteiger partial charge in [0.1, 0.15) is 31.0 Å². The molecule has 0 aromatic rings. The summed E-state index contributed by atoms with van der Waals surface area (Å²) < 4.78 is 47.6. The summed E-state index contributed by atoms with van der Waals surface area (Å²) in [6.45, 7) is 12.5. The summed E-state index contributed by atoms with van der Waals surface area (Å²) in [5.74, 6) is 4.47. The summed E-state index contributed by atoms with van der Waals surface area (Å²) in [6, 6.07) is 0. The number of ether oxygens (including phenoxy) is 4. The minimum atomic E-state index is -4.88. The summed E-state index contributed by atoms with van der Waals surface area (Å²) in [4.78, 5) is 36.7. The van der Waals surface area contributed by atoms with E-state index in [0.717, 1.165) is 93.3 Å². The van der Waals surface area contributed by atoms with Crippen molar-refractivity contribution in [1.29, 1.82) is 0 Å². The molecule has 1 aliphatic heterocycles. The quantitative estimate of drug-likeness (QED) is 0.0197. The van der Waals surface area contributed by atoms with E-state index in [-0.39, 0.29) is 31.0 Å². The maximum atomic E-state index is 13.4. The summed E-state index contributed by atoms with van der Waals surface area (Å²) in [5, 5.41) is 33.1. The standard InChI is InChI=1S/C63H113O13P/c1-7-9-11-13-15-17-19-21-23-25-27-32-57(64)71-43-50(74-58(65)33-28-26-24-22-20-18-16-14-12-10-8-2)44-72-77(69,70)73-45-56-59(66)60(67)61(68)62(76-56)75-49-40-41-63(6)48(42-49)34-35-54-53-37-36-51(52(53)38-39-55(54)63)47(5)31-29-30-46(3)4/h34,46-47,49-56,59-62,66-68H,7-33,35-45H2,1-6H3,(H,69,70)/t47-,49+,50-,51-,52?,53+,54-,55-,56?,59-,60+,61?,62+,63+/m1/s1. The van der Waals surface area contributed by atoms with Crippen molar-refractivity contribution in [3.05, 3.63) is 11.6 Å². The average Bonchev–Trinajstić information content (AvgIpc) is 3.92. The number of carbonyl (C=O) groups is 2. The van der Waals surface area contributed by atoms with Crippen LogP contribution in [-0.4, -0.2) is 94.9 Å². The van der Waals surface area contributed by atoms with Gasteiger partial charge in [0.2, 0.25) is 0 Å².